The molecule has 0 aliphatic carbocycles. The second-order valence-corrected chi connectivity index (χ2v) is 7.33. The average Bonchev–Trinajstić information content (AvgIpc) is 2.96. The summed E-state index contributed by atoms with van der Waals surface area (Å²) in [7, 11) is 0. The van der Waals surface area contributed by atoms with Crippen LogP contribution in [0, 0.1) is 6.92 Å². The molecule has 134 valence electrons. The molecule has 24 heavy (non-hydrogen) atoms. The number of nitrogens with one attached hydrogen (secondary N) is 2. The summed E-state index contributed by atoms with van der Waals surface area (Å²) in [5, 5.41) is 7.03. The van der Waals surface area contributed by atoms with Crippen molar-refractivity contribution in [3.8, 4) is 0 Å². The lowest BCUT2D eigenvalue weighted by Crippen LogP contribution is -2.47. The highest BCUT2D eigenvalue weighted by atomic mass is 32.1. The van der Waals surface area contributed by atoms with Crippen molar-refractivity contribution in [1.82, 2.24) is 20.5 Å². The summed E-state index contributed by atoms with van der Waals surface area (Å²) in [5.41, 5.74) is 0.819. The maximum absolute atomic E-state index is 12.4. The van der Waals surface area contributed by atoms with E-state index >= 15 is 0 Å². The standard InChI is InChI=1S/C17H28N4O2S/c1-4-8-18-14(22)11-21-9-6-13(7-10-21)20-17(23)16-12(3)19-15(5-2)24-16/h13H,4-11H2,1-3H3,(H,18,22)(H,20,23). The van der Waals surface area contributed by atoms with Crippen molar-refractivity contribution in [2.45, 2.75) is 52.5 Å². The van der Waals surface area contributed by atoms with Gasteiger partial charge in [-0.3, -0.25) is 14.5 Å². The van der Waals surface area contributed by atoms with Crippen LogP contribution in [-0.4, -0.2) is 53.9 Å². The van der Waals surface area contributed by atoms with Gasteiger partial charge in [-0.05, 0) is 32.6 Å². The van der Waals surface area contributed by atoms with Gasteiger partial charge in [-0.15, -0.1) is 11.3 Å². The lowest BCUT2D eigenvalue weighted by molar-refractivity contribution is -0.122. The van der Waals surface area contributed by atoms with Crippen molar-refractivity contribution in [2.75, 3.05) is 26.2 Å². The summed E-state index contributed by atoms with van der Waals surface area (Å²) in [4.78, 5) is 31.5. The number of aromatic nitrogens is 1. The number of carbonyl (C=O) groups is 2. The second-order valence-electron chi connectivity index (χ2n) is 6.25. The summed E-state index contributed by atoms with van der Waals surface area (Å²) in [6.45, 7) is 8.85. The van der Waals surface area contributed by atoms with Gasteiger partial charge in [0.1, 0.15) is 4.88 Å². The lowest BCUT2D eigenvalue weighted by Gasteiger charge is -2.31. The third-order valence-electron chi connectivity index (χ3n) is 4.21. The topological polar surface area (TPSA) is 74.3 Å². The van der Waals surface area contributed by atoms with E-state index in [1.807, 2.05) is 20.8 Å². The maximum atomic E-state index is 12.4. The van der Waals surface area contributed by atoms with Gasteiger partial charge < -0.3 is 10.6 Å². The molecule has 2 N–H and O–H groups in total. The highest BCUT2D eigenvalue weighted by Gasteiger charge is 2.24. The van der Waals surface area contributed by atoms with Crippen LogP contribution in [0.4, 0.5) is 0 Å². The molecule has 1 saturated heterocycles. The average molecular weight is 353 g/mol. The maximum Gasteiger partial charge on any atom is 0.263 e. The Morgan fingerprint density at radius 2 is 2.00 bits per heavy atom. The lowest BCUT2D eigenvalue weighted by atomic mass is 10.0. The largest absolute Gasteiger partial charge is 0.355 e. The fourth-order valence-corrected chi connectivity index (χ4v) is 3.73. The number of hydrogen-bond acceptors (Lipinski definition) is 5. The Morgan fingerprint density at radius 1 is 1.29 bits per heavy atom. The number of hydrogen-bond donors (Lipinski definition) is 2. The van der Waals surface area contributed by atoms with Crippen LogP contribution in [0.3, 0.4) is 0 Å². The summed E-state index contributed by atoms with van der Waals surface area (Å²) in [5.74, 6) is 0.0792. The van der Waals surface area contributed by atoms with E-state index in [-0.39, 0.29) is 17.9 Å². The predicted molar refractivity (Wildman–Crippen MR) is 96.5 cm³/mol. The molecule has 6 nitrogen and oxygen atoms in total. The fraction of sp³-hybridized carbons (Fsp3) is 0.706. The Balaban J connectivity index is 1.77. The first-order valence-electron chi connectivity index (χ1n) is 8.79. The first kappa shape index (κ1) is 18.9. The molecule has 2 amide bonds. The molecule has 0 atom stereocenters. The Morgan fingerprint density at radius 3 is 2.58 bits per heavy atom. The molecule has 0 aromatic carbocycles. The zero-order chi connectivity index (χ0) is 17.5. The number of nitrogens with zero attached hydrogens (tertiary/aromatic N) is 2. The van der Waals surface area contributed by atoms with Gasteiger partial charge in [0.2, 0.25) is 5.91 Å². The van der Waals surface area contributed by atoms with Crippen molar-refractivity contribution >= 4 is 23.2 Å². The van der Waals surface area contributed by atoms with Crippen LogP contribution in [0.2, 0.25) is 0 Å². The molecular formula is C17H28N4O2S. The predicted octanol–water partition coefficient (Wildman–Crippen LogP) is 1.73. The van der Waals surface area contributed by atoms with E-state index in [9.17, 15) is 9.59 Å². The molecule has 1 aromatic rings. The van der Waals surface area contributed by atoms with E-state index in [0.29, 0.717) is 6.54 Å². The number of likely N-dealkylation sites (tertiary alicyclic amines) is 1. The molecule has 1 aliphatic rings. The number of rotatable bonds is 7. The van der Waals surface area contributed by atoms with Crippen LogP contribution in [-0.2, 0) is 11.2 Å². The molecule has 2 rings (SSSR count). The van der Waals surface area contributed by atoms with Gasteiger partial charge >= 0.3 is 0 Å². The number of amides is 2. The minimum Gasteiger partial charge on any atom is -0.355 e. The molecule has 0 unspecified atom stereocenters. The van der Waals surface area contributed by atoms with E-state index in [0.717, 1.165) is 60.9 Å². The SMILES string of the molecule is CCCNC(=O)CN1CCC(NC(=O)c2sc(CC)nc2C)CC1. The summed E-state index contributed by atoms with van der Waals surface area (Å²) in [6, 6.07) is 0.180. The third kappa shape index (κ3) is 5.27. The van der Waals surface area contributed by atoms with Gasteiger partial charge in [-0.25, -0.2) is 4.98 Å². The third-order valence-corrected chi connectivity index (χ3v) is 5.51. The number of aryl methyl sites for hydroxylation is 2. The minimum atomic E-state index is -0.0103. The Bertz CT molecular complexity index is 565. The first-order chi connectivity index (χ1) is 11.5. The summed E-state index contributed by atoms with van der Waals surface area (Å²) in [6.07, 6.45) is 3.57. The van der Waals surface area contributed by atoms with E-state index in [1.54, 1.807) is 0 Å². The van der Waals surface area contributed by atoms with Gasteiger partial charge in [-0.2, -0.15) is 0 Å². The number of carbonyl (C=O) groups excluding carboxylic acids is 2. The van der Waals surface area contributed by atoms with Gasteiger partial charge in [0.25, 0.3) is 5.91 Å². The van der Waals surface area contributed by atoms with Crippen molar-refractivity contribution in [3.63, 3.8) is 0 Å². The quantitative estimate of drug-likeness (QED) is 0.784. The van der Waals surface area contributed by atoms with Crippen molar-refractivity contribution in [1.29, 1.82) is 0 Å². The smallest absolute Gasteiger partial charge is 0.263 e. The van der Waals surface area contributed by atoms with E-state index < -0.39 is 0 Å². The number of thiazole rings is 1. The van der Waals surface area contributed by atoms with E-state index in [1.165, 1.54) is 11.3 Å². The van der Waals surface area contributed by atoms with Gasteiger partial charge in [0.05, 0.1) is 17.2 Å². The van der Waals surface area contributed by atoms with Gasteiger partial charge in [0, 0.05) is 25.7 Å². The molecular weight excluding hydrogens is 324 g/mol. The molecule has 1 fully saturated rings. The molecule has 0 saturated carbocycles. The highest BCUT2D eigenvalue weighted by Crippen LogP contribution is 2.19. The van der Waals surface area contributed by atoms with Crippen LogP contribution in [0.5, 0.6) is 0 Å². The Labute approximate surface area is 148 Å². The second kappa shape index (κ2) is 9.13. The fourth-order valence-electron chi connectivity index (χ4n) is 2.82. The van der Waals surface area contributed by atoms with Crippen LogP contribution in [0.15, 0.2) is 0 Å². The molecule has 0 bridgehead atoms. The molecule has 7 heteroatoms. The molecule has 0 spiro atoms. The van der Waals surface area contributed by atoms with Crippen LogP contribution in [0.25, 0.3) is 0 Å². The van der Waals surface area contributed by atoms with Crippen molar-refractivity contribution in [2.24, 2.45) is 0 Å². The van der Waals surface area contributed by atoms with Crippen molar-refractivity contribution in [3.05, 3.63) is 15.6 Å². The van der Waals surface area contributed by atoms with Gasteiger partial charge in [-0.1, -0.05) is 13.8 Å². The molecule has 1 aromatic heterocycles. The molecule has 2 heterocycles. The van der Waals surface area contributed by atoms with Crippen LogP contribution < -0.4 is 10.6 Å². The monoisotopic (exact) mass is 352 g/mol. The molecule has 0 radical (unpaired) electrons. The van der Waals surface area contributed by atoms with E-state index in [2.05, 4.69) is 20.5 Å². The highest BCUT2D eigenvalue weighted by molar-refractivity contribution is 7.13. The number of piperidine rings is 1. The van der Waals surface area contributed by atoms with Crippen LogP contribution in [0.1, 0.15) is 53.5 Å². The zero-order valence-electron chi connectivity index (χ0n) is 14.9. The first-order valence-corrected chi connectivity index (χ1v) is 9.61. The Hall–Kier alpha value is -1.47. The minimum absolute atomic E-state index is 0.0103. The Kier molecular flexibility index (Phi) is 7.17. The van der Waals surface area contributed by atoms with Crippen molar-refractivity contribution < 1.29 is 9.59 Å². The summed E-state index contributed by atoms with van der Waals surface area (Å²) < 4.78 is 0. The zero-order valence-corrected chi connectivity index (χ0v) is 15.7. The summed E-state index contributed by atoms with van der Waals surface area (Å²) >= 11 is 1.49. The van der Waals surface area contributed by atoms with E-state index in [4.69, 9.17) is 0 Å². The normalized spacial score (nSPS) is 16.1. The van der Waals surface area contributed by atoms with Crippen LogP contribution >= 0.6 is 11.3 Å². The molecule has 1 aliphatic heterocycles. The van der Waals surface area contributed by atoms with Gasteiger partial charge in [0.15, 0.2) is 0 Å².